The fourth-order valence-electron chi connectivity index (χ4n) is 2.60. The van der Waals surface area contributed by atoms with E-state index < -0.39 is 11.9 Å². The smallest absolute Gasteiger partial charge is 0.339 e. The van der Waals surface area contributed by atoms with E-state index >= 15 is 0 Å². The summed E-state index contributed by atoms with van der Waals surface area (Å²) in [5.74, 6) is 0.972. The predicted molar refractivity (Wildman–Crippen MR) is 75.0 cm³/mol. The molecule has 118 valence electrons. The van der Waals surface area contributed by atoms with Gasteiger partial charge in [-0.15, -0.1) is 10.2 Å². The Labute approximate surface area is 128 Å². The van der Waals surface area contributed by atoms with Gasteiger partial charge in [0.1, 0.15) is 11.5 Å². The molecule has 0 spiro atoms. The third kappa shape index (κ3) is 2.37. The first-order valence-electron chi connectivity index (χ1n) is 6.97. The van der Waals surface area contributed by atoms with Gasteiger partial charge < -0.3 is 4.90 Å². The minimum Gasteiger partial charge on any atom is -0.339 e. The van der Waals surface area contributed by atoms with Gasteiger partial charge in [-0.1, -0.05) is 6.07 Å². The van der Waals surface area contributed by atoms with Crippen molar-refractivity contribution in [2.24, 2.45) is 0 Å². The lowest BCUT2D eigenvalue weighted by molar-refractivity contribution is -0.141. The maximum Gasteiger partial charge on any atom is 0.433 e. The molecule has 4 heterocycles. The van der Waals surface area contributed by atoms with Crippen LogP contribution in [0.3, 0.4) is 0 Å². The number of hydrogen-bond donors (Lipinski definition) is 0. The number of halogens is 3. The molecule has 23 heavy (non-hydrogen) atoms. The normalized spacial score (nSPS) is 15.9. The lowest BCUT2D eigenvalue weighted by Crippen LogP contribution is -2.46. The summed E-state index contributed by atoms with van der Waals surface area (Å²) >= 11 is 0. The fourth-order valence-corrected chi connectivity index (χ4v) is 2.60. The standard InChI is InChI=1S/C14H11F3N6/c15-14(16,17)10-4-5-18-13(19-10)22-7-9(8-22)12-21-20-11-3-1-2-6-23(11)12/h1-6,9H,7-8H2. The van der Waals surface area contributed by atoms with Gasteiger partial charge >= 0.3 is 6.18 Å². The van der Waals surface area contributed by atoms with Gasteiger partial charge in [0.05, 0.1) is 5.92 Å². The van der Waals surface area contributed by atoms with Crippen LogP contribution < -0.4 is 4.90 Å². The predicted octanol–water partition coefficient (Wildman–Crippen LogP) is 2.14. The van der Waals surface area contributed by atoms with Crippen LogP contribution in [0, 0.1) is 0 Å². The van der Waals surface area contributed by atoms with Crippen molar-refractivity contribution in [2.45, 2.75) is 12.1 Å². The molecule has 0 bridgehead atoms. The lowest BCUT2D eigenvalue weighted by Gasteiger charge is -2.38. The Hall–Kier alpha value is -2.71. The molecule has 0 radical (unpaired) electrons. The number of fused-ring (bicyclic) bond motifs is 1. The average molecular weight is 320 g/mol. The SMILES string of the molecule is FC(F)(F)c1ccnc(N2CC(c3nnc4ccccn34)C2)n1. The monoisotopic (exact) mass is 320 g/mol. The molecule has 6 nitrogen and oxygen atoms in total. The summed E-state index contributed by atoms with van der Waals surface area (Å²) in [4.78, 5) is 9.21. The van der Waals surface area contributed by atoms with Crippen molar-refractivity contribution in [1.29, 1.82) is 0 Å². The van der Waals surface area contributed by atoms with Crippen LogP contribution in [0.25, 0.3) is 5.65 Å². The number of nitrogens with zero attached hydrogens (tertiary/aromatic N) is 6. The molecular formula is C14H11F3N6. The van der Waals surface area contributed by atoms with Crippen LogP contribution in [0.2, 0.25) is 0 Å². The molecule has 0 saturated carbocycles. The zero-order valence-electron chi connectivity index (χ0n) is 11.8. The van der Waals surface area contributed by atoms with Gasteiger partial charge in [0.25, 0.3) is 0 Å². The minimum atomic E-state index is -4.47. The first kappa shape index (κ1) is 13.9. The second-order valence-electron chi connectivity index (χ2n) is 5.33. The zero-order chi connectivity index (χ0) is 16.0. The molecular weight excluding hydrogens is 309 g/mol. The molecule has 0 aromatic carbocycles. The van der Waals surface area contributed by atoms with Crippen LogP contribution in [0.4, 0.5) is 19.1 Å². The Morgan fingerprint density at radius 3 is 2.70 bits per heavy atom. The van der Waals surface area contributed by atoms with E-state index in [4.69, 9.17) is 0 Å². The highest BCUT2D eigenvalue weighted by Crippen LogP contribution is 2.32. The first-order chi connectivity index (χ1) is 11.0. The number of pyridine rings is 1. The van der Waals surface area contributed by atoms with Crippen molar-refractivity contribution in [3.63, 3.8) is 0 Å². The van der Waals surface area contributed by atoms with E-state index in [-0.39, 0.29) is 11.9 Å². The number of rotatable bonds is 2. The molecule has 9 heteroatoms. The topological polar surface area (TPSA) is 59.2 Å². The van der Waals surface area contributed by atoms with Crippen LogP contribution in [-0.4, -0.2) is 37.7 Å². The van der Waals surface area contributed by atoms with Gasteiger partial charge in [-0.3, -0.25) is 4.40 Å². The molecule has 3 aromatic heterocycles. The van der Waals surface area contributed by atoms with Gasteiger partial charge in [-0.25, -0.2) is 9.97 Å². The summed E-state index contributed by atoms with van der Waals surface area (Å²) in [6.45, 7) is 1.02. The molecule has 0 atom stereocenters. The molecule has 1 aliphatic heterocycles. The molecule has 4 rings (SSSR count). The van der Waals surface area contributed by atoms with E-state index in [0.29, 0.717) is 13.1 Å². The maximum atomic E-state index is 12.7. The van der Waals surface area contributed by atoms with Gasteiger partial charge in [-0.05, 0) is 18.2 Å². The molecule has 0 N–H and O–H groups in total. The van der Waals surface area contributed by atoms with E-state index in [1.54, 1.807) is 4.90 Å². The average Bonchev–Trinajstić information content (AvgIpc) is 2.89. The summed E-state index contributed by atoms with van der Waals surface area (Å²) in [6.07, 6.45) is -1.47. The van der Waals surface area contributed by atoms with Gasteiger partial charge in [0.2, 0.25) is 5.95 Å². The third-order valence-corrected chi connectivity index (χ3v) is 3.80. The van der Waals surface area contributed by atoms with E-state index in [2.05, 4.69) is 20.2 Å². The van der Waals surface area contributed by atoms with Crippen molar-refractivity contribution in [3.05, 3.63) is 48.2 Å². The largest absolute Gasteiger partial charge is 0.433 e. The summed E-state index contributed by atoms with van der Waals surface area (Å²) in [6, 6.07) is 6.47. The summed E-state index contributed by atoms with van der Waals surface area (Å²) < 4.78 is 40.0. The van der Waals surface area contributed by atoms with Crippen LogP contribution in [0.15, 0.2) is 36.7 Å². The van der Waals surface area contributed by atoms with E-state index in [9.17, 15) is 13.2 Å². The van der Waals surface area contributed by atoms with Crippen LogP contribution in [-0.2, 0) is 6.18 Å². The molecule has 0 amide bonds. The van der Waals surface area contributed by atoms with E-state index in [0.717, 1.165) is 23.7 Å². The molecule has 3 aromatic rings. The van der Waals surface area contributed by atoms with Crippen molar-refractivity contribution in [1.82, 2.24) is 24.6 Å². The number of aromatic nitrogens is 5. The van der Waals surface area contributed by atoms with Gasteiger partial charge in [-0.2, -0.15) is 13.2 Å². The van der Waals surface area contributed by atoms with Gasteiger partial charge in [0.15, 0.2) is 5.65 Å². The van der Waals surface area contributed by atoms with Crippen LogP contribution >= 0.6 is 0 Å². The summed E-state index contributed by atoms with van der Waals surface area (Å²) in [7, 11) is 0. The highest BCUT2D eigenvalue weighted by Gasteiger charge is 2.36. The molecule has 0 aliphatic carbocycles. The highest BCUT2D eigenvalue weighted by molar-refractivity contribution is 5.42. The van der Waals surface area contributed by atoms with Crippen LogP contribution in [0.1, 0.15) is 17.4 Å². The number of hydrogen-bond acceptors (Lipinski definition) is 5. The van der Waals surface area contributed by atoms with Crippen molar-refractivity contribution in [3.8, 4) is 0 Å². The Bertz CT molecular complexity index is 853. The second-order valence-corrected chi connectivity index (χ2v) is 5.33. The number of anilines is 1. The Morgan fingerprint density at radius 1 is 1.09 bits per heavy atom. The van der Waals surface area contributed by atoms with Crippen LogP contribution in [0.5, 0.6) is 0 Å². The minimum absolute atomic E-state index is 0.0879. The lowest BCUT2D eigenvalue weighted by atomic mass is 10.00. The van der Waals surface area contributed by atoms with E-state index in [1.807, 2.05) is 28.8 Å². The second kappa shape index (κ2) is 4.90. The first-order valence-corrected chi connectivity index (χ1v) is 6.97. The highest BCUT2D eigenvalue weighted by atomic mass is 19.4. The molecule has 1 saturated heterocycles. The summed E-state index contributed by atoms with van der Waals surface area (Å²) in [5, 5.41) is 8.25. The summed E-state index contributed by atoms with van der Waals surface area (Å²) in [5.41, 5.74) is -0.185. The quantitative estimate of drug-likeness (QED) is 0.724. The third-order valence-electron chi connectivity index (χ3n) is 3.80. The molecule has 0 unspecified atom stereocenters. The van der Waals surface area contributed by atoms with E-state index in [1.165, 1.54) is 0 Å². The fraction of sp³-hybridized carbons (Fsp3) is 0.286. The zero-order valence-corrected chi connectivity index (χ0v) is 11.8. The Kier molecular flexibility index (Phi) is 2.97. The van der Waals surface area contributed by atoms with Crippen molar-refractivity contribution in [2.75, 3.05) is 18.0 Å². The molecule has 1 aliphatic rings. The molecule has 1 fully saturated rings. The Balaban J connectivity index is 1.54. The van der Waals surface area contributed by atoms with Crippen molar-refractivity contribution < 1.29 is 13.2 Å². The van der Waals surface area contributed by atoms with Crippen molar-refractivity contribution >= 4 is 11.6 Å². The van der Waals surface area contributed by atoms with Gasteiger partial charge in [0, 0.05) is 25.5 Å². The number of alkyl halides is 3. The Morgan fingerprint density at radius 2 is 1.91 bits per heavy atom. The maximum absolute atomic E-state index is 12.7.